The summed E-state index contributed by atoms with van der Waals surface area (Å²) in [5.74, 6) is -0.400. The lowest BCUT2D eigenvalue weighted by atomic mass is 9.76. The number of benzene rings is 3. The molecule has 0 aliphatic carbocycles. The lowest BCUT2D eigenvalue weighted by Crippen LogP contribution is -2.49. The number of carbonyl (C=O) groups excluding carboxylic acids is 1. The van der Waals surface area contributed by atoms with Gasteiger partial charge in [0.1, 0.15) is 0 Å². The maximum absolute atomic E-state index is 14.3. The SMILES string of the molecule is CC(C)(C)CC(=O)NC(Cc1ccccc1)(c1cccc(C(F)(F)F)c1)c1cccc(C(F)(F)I)c1. The van der Waals surface area contributed by atoms with Crippen LogP contribution < -0.4 is 5.32 Å². The van der Waals surface area contributed by atoms with Gasteiger partial charge in [0.05, 0.1) is 11.1 Å². The Morgan fingerprint density at radius 1 is 0.750 bits per heavy atom. The molecule has 2 nitrogen and oxygen atoms in total. The minimum Gasteiger partial charge on any atom is -0.342 e. The molecule has 8 heteroatoms. The average Bonchev–Trinajstić information content (AvgIpc) is 2.77. The first-order chi connectivity index (χ1) is 16.6. The molecule has 1 unspecified atom stereocenters. The smallest absolute Gasteiger partial charge is 0.342 e. The third-order valence-electron chi connectivity index (χ3n) is 5.72. The quantitative estimate of drug-likeness (QED) is 0.162. The Morgan fingerprint density at radius 3 is 1.75 bits per heavy atom. The summed E-state index contributed by atoms with van der Waals surface area (Å²) in [4.78, 5) is 13.3. The van der Waals surface area contributed by atoms with Gasteiger partial charge in [-0.25, -0.2) is 0 Å². The second-order valence-corrected chi connectivity index (χ2v) is 11.4. The summed E-state index contributed by atoms with van der Waals surface area (Å²) >= 11 is 1.02. The van der Waals surface area contributed by atoms with E-state index in [9.17, 15) is 26.7 Å². The van der Waals surface area contributed by atoms with Gasteiger partial charge in [0, 0.05) is 41.0 Å². The predicted octanol–water partition coefficient (Wildman–Crippen LogP) is 8.23. The fraction of sp³-hybridized carbons (Fsp3) is 0.321. The van der Waals surface area contributed by atoms with Gasteiger partial charge in [0.25, 0.3) is 0 Å². The number of nitrogens with one attached hydrogen (secondary N) is 1. The zero-order valence-electron chi connectivity index (χ0n) is 20.1. The molecule has 0 heterocycles. The van der Waals surface area contributed by atoms with Crippen LogP contribution in [0.5, 0.6) is 0 Å². The van der Waals surface area contributed by atoms with Gasteiger partial charge >= 0.3 is 10.1 Å². The summed E-state index contributed by atoms with van der Waals surface area (Å²) in [6.07, 6.45) is -4.48. The van der Waals surface area contributed by atoms with Crippen LogP contribution in [0, 0.1) is 5.41 Å². The molecule has 0 saturated carbocycles. The molecular formula is C28H27F5INO. The van der Waals surface area contributed by atoms with Crippen LogP contribution in [0.25, 0.3) is 0 Å². The molecule has 0 spiro atoms. The molecule has 0 radical (unpaired) electrons. The lowest BCUT2D eigenvalue weighted by molar-refractivity contribution is -0.137. The molecule has 0 fully saturated rings. The van der Waals surface area contributed by atoms with Crippen molar-refractivity contribution in [2.45, 2.75) is 49.3 Å². The molecule has 36 heavy (non-hydrogen) atoms. The van der Waals surface area contributed by atoms with Gasteiger partial charge in [-0.3, -0.25) is 4.79 Å². The largest absolute Gasteiger partial charge is 0.416 e. The van der Waals surface area contributed by atoms with Crippen molar-refractivity contribution in [1.82, 2.24) is 5.32 Å². The maximum Gasteiger partial charge on any atom is 0.416 e. The van der Waals surface area contributed by atoms with Crippen LogP contribution in [0.2, 0.25) is 0 Å². The summed E-state index contributed by atoms with van der Waals surface area (Å²) in [7, 11) is 0. The van der Waals surface area contributed by atoms with Crippen LogP contribution in [0.1, 0.15) is 55.0 Å². The average molecular weight is 615 g/mol. The minimum absolute atomic E-state index is 0.0568. The highest BCUT2D eigenvalue weighted by Crippen LogP contribution is 2.41. The monoisotopic (exact) mass is 615 g/mol. The van der Waals surface area contributed by atoms with E-state index in [0.29, 0.717) is 0 Å². The molecule has 192 valence electrons. The van der Waals surface area contributed by atoms with Crippen LogP contribution in [0.3, 0.4) is 0 Å². The first-order valence-electron chi connectivity index (χ1n) is 11.3. The Morgan fingerprint density at radius 2 is 1.25 bits per heavy atom. The van der Waals surface area contributed by atoms with E-state index in [1.54, 1.807) is 36.4 Å². The fourth-order valence-electron chi connectivity index (χ4n) is 4.15. The van der Waals surface area contributed by atoms with E-state index in [0.717, 1.165) is 40.3 Å². The van der Waals surface area contributed by atoms with Crippen molar-refractivity contribution < 1.29 is 26.7 Å². The number of hydrogen-bond donors (Lipinski definition) is 1. The molecule has 3 rings (SSSR count). The predicted molar refractivity (Wildman–Crippen MR) is 139 cm³/mol. The Balaban J connectivity index is 2.32. The Bertz CT molecular complexity index is 1140. The third-order valence-corrected chi connectivity index (χ3v) is 6.34. The molecule has 1 atom stereocenters. The molecule has 0 aliphatic rings. The minimum atomic E-state index is -4.62. The highest BCUT2D eigenvalue weighted by molar-refractivity contribution is 14.1. The number of amides is 1. The van der Waals surface area contributed by atoms with Crippen LogP contribution >= 0.6 is 22.6 Å². The van der Waals surface area contributed by atoms with E-state index >= 15 is 0 Å². The molecule has 1 N–H and O–H groups in total. The fourth-order valence-corrected chi connectivity index (χ4v) is 4.48. The molecular weight excluding hydrogens is 588 g/mol. The van der Waals surface area contributed by atoms with Crippen molar-refractivity contribution >= 4 is 28.5 Å². The van der Waals surface area contributed by atoms with Crippen molar-refractivity contribution in [3.63, 3.8) is 0 Å². The van der Waals surface area contributed by atoms with E-state index in [1.807, 2.05) is 20.8 Å². The number of carbonyl (C=O) groups is 1. The van der Waals surface area contributed by atoms with Gasteiger partial charge in [0.2, 0.25) is 5.91 Å². The number of halogens is 6. The van der Waals surface area contributed by atoms with E-state index in [4.69, 9.17) is 0 Å². The van der Waals surface area contributed by atoms with E-state index < -0.39 is 32.5 Å². The van der Waals surface area contributed by atoms with Crippen molar-refractivity contribution in [2.75, 3.05) is 0 Å². The van der Waals surface area contributed by atoms with Crippen LogP contribution in [0.15, 0.2) is 78.9 Å². The molecule has 0 aromatic heterocycles. The lowest BCUT2D eigenvalue weighted by Gasteiger charge is -2.38. The Kier molecular flexibility index (Phi) is 8.17. The molecule has 1 amide bonds. The highest BCUT2D eigenvalue weighted by atomic mass is 127. The first kappa shape index (κ1) is 28.1. The second-order valence-electron chi connectivity index (χ2n) is 10.0. The van der Waals surface area contributed by atoms with E-state index in [-0.39, 0.29) is 29.5 Å². The van der Waals surface area contributed by atoms with Crippen molar-refractivity contribution in [2.24, 2.45) is 5.41 Å². The van der Waals surface area contributed by atoms with Crippen LogP contribution in [-0.2, 0) is 26.9 Å². The number of hydrogen-bond acceptors (Lipinski definition) is 1. The summed E-state index contributed by atoms with van der Waals surface area (Å²) < 4.78 is 66.5. The summed E-state index contributed by atoms with van der Waals surface area (Å²) in [6.45, 7) is 5.60. The van der Waals surface area contributed by atoms with Gasteiger partial charge in [-0.2, -0.15) is 22.0 Å². The standard InChI is InChI=1S/C28H27F5INO/c1-25(2,3)18-24(36)35-26(17-19-9-5-4-6-10-19,20-11-7-13-22(15-20)27(29,30)31)21-12-8-14-23(16-21)28(32,33)34/h4-16H,17-18H2,1-3H3,(H,35,36). The number of rotatable bonds is 7. The van der Waals surface area contributed by atoms with Crippen molar-refractivity contribution in [3.05, 3.63) is 107 Å². The normalized spacial score (nSPS) is 14.2. The first-order valence-corrected chi connectivity index (χ1v) is 12.4. The molecule has 0 saturated heterocycles. The maximum atomic E-state index is 14.3. The van der Waals surface area contributed by atoms with Crippen LogP contribution in [0.4, 0.5) is 22.0 Å². The second kappa shape index (κ2) is 10.5. The van der Waals surface area contributed by atoms with Crippen molar-refractivity contribution in [3.8, 4) is 0 Å². The summed E-state index contributed by atoms with van der Waals surface area (Å²) in [5, 5.41) is 2.97. The molecule has 3 aromatic rings. The topological polar surface area (TPSA) is 29.1 Å². The summed E-state index contributed by atoms with van der Waals surface area (Å²) in [6, 6.07) is 19.1. The zero-order valence-corrected chi connectivity index (χ0v) is 22.3. The number of alkyl halides is 6. The van der Waals surface area contributed by atoms with Crippen molar-refractivity contribution in [1.29, 1.82) is 0 Å². The highest BCUT2D eigenvalue weighted by Gasteiger charge is 2.40. The van der Waals surface area contributed by atoms with E-state index in [1.165, 1.54) is 30.3 Å². The van der Waals surface area contributed by atoms with Gasteiger partial charge in [-0.05, 0) is 40.3 Å². The van der Waals surface area contributed by atoms with E-state index in [2.05, 4.69) is 5.32 Å². The third kappa shape index (κ3) is 7.05. The molecule has 3 aromatic carbocycles. The zero-order chi connectivity index (χ0) is 26.8. The van der Waals surface area contributed by atoms with Gasteiger partial charge < -0.3 is 5.32 Å². The Hall–Kier alpha value is -2.49. The van der Waals surface area contributed by atoms with Crippen LogP contribution in [-0.4, -0.2) is 5.91 Å². The Labute approximate surface area is 221 Å². The molecule has 0 bridgehead atoms. The van der Waals surface area contributed by atoms with Gasteiger partial charge in [-0.1, -0.05) is 81.4 Å². The molecule has 0 aliphatic heterocycles. The van der Waals surface area contributed by atoms with Gasteiger partial charge in [-0.15, -0.1) is 0 Å². The van der Waals surface area contributed by atoms with Gasteiger partial charge in [0.15, 0.2) is 0 Å². The summed E-state index contributed by atoms with van der Waals surface area (Å²) in [5.41, 5.74) is -2.01.